The van der Waals surface area contributed by atoms with Crippen molar-refractivity contribution in [3.63, 3.8) is 0 Å². The molecule has 0 bridgehead atoms. The highest BCUT2D eigenvalue weighted by atomic mass is 32.2. The minimum atomic E-state index is -4.30. The first-order valence-electron chi connectivity index (χ1n) is 7.97. The van der Waals surface area contributed by atoms with Crippen molar-refractivity contribution in [2.24, 2.45) is 0 Å². The predicted octanol–water partition coefficient (Wildman–Crippen LogP) is 4.55. The summed E-state index contributed by atoms with van der Waals surface area (Å²) in [6.07, 6.45) is 4.99. The van der Waals surface area contributed by atoms with Gasteiger partial charge in [0.2, 0.25) is 0 Å². The van der Waals surface area contributed by atoms with E-state index in [4.69, 9.17) is 4.74 Å². The summed E-state index contributed by atoms with van der Waals surface area (Å²) in [7, 11) is -4.30. The molecule has 0 unspecified atom stereocenters. The first-order chi connectivity index (χ1) is 11.4. The third kappa shape index (κ3) is 5.54. The van der Waals surface area contributed by atoms with Gasteiger partial charge in [0.25, 0.3) is 10.1 Å². The number of aromatic hydroxyl groups is 1. The van der Waals surface area contributed by atoms with Crippen molar-refractivity contribution in [3.8, 4) is 17.2 Å². The van der Waals surface area contributed by atoms with Crippen LogP contribution in [0, 0.1) is 0 Å². The molecule has 0 spiro atoms. The van der Waals surface area contributed by atoms with Crippen LogP contribution in [0.15, 0.2) is 47.4 Å². The van der Waals surface area contributed by atoms with Gasteiger partial charge >= 0.3 is 0 Å². The highest BCUT2D eigenvalue weighted by molar-refractivity contribution is 7.85. The van der Waals surface area contributed by atoms with E-state index < -0.39 is 10.1 Å². The molecule has 0 aliphatic rings. The average molecular weight is 350 g/mol. The number of phenols is 1. The first-order valence-corrected chi connectivity index (χ1v) is 9.41. The van der Waals surface area contributed by atoms with Crippen molar-refractivity contribution in [2.75, 3.05) is 0 Å². The SMILES string of the molecule is CCCCCCc1cc(Oc2ccc(O)cc2)cc(S(=O)(=O)O)c1. The number of rotatable bonds is 8. The Bertz CT molecular complexity index is 766. The van der Waals surface area contributed by atoms with Gasteiger partial charge in [0, 0.05) is 6.07 Å². The molecule has 0 aromatic heterocycles. The lowest BCUT2D eigenvalue weighted by molar-refractivity contribution is 0.461. The zero-order chi connectivity index (χ0) is 17.6. The lowest BCUT2D eigenvalue weighted by atomic mass is 10.1. The molecule has 0 radical (unpaired) electrons. The number of aryl methyl sites for hydroxylation is 1. The van der Waals surface area contributed by atoms with Crippen LogP contribution in [0.2, 0.25) is 0 Å². The lowest BCUT2D eigenvalue weighted by Gasteiger charge is -2.10. The second-order valence-corrected chi connectivity index (χ2v) is 7.12. The van der Waals surface area contributed by atoms with E-state index in [1.165, 1.54) is 24.3 Å². The minimum Gasteiger partial charge on any atom is -0.508 e. The third-order valence-electron chi connectivity index (χ3n) is 3.63. The summed E-state index contributed by atoms with van der Waals surface area (Å²) in [5.41, 5.74) is 0.801. The molecule has 0 saturated heterocycles. The van der Waals surface area contributed by atoms with Crippen LogP contribution >= 0.6 is 0 Å². The van der Waals surface area contributed by atoms with Crippen molar-refractivity contribution in [1.29, 1.82) is 0 Å². The monoisotopic (exact) mass is 350 g/mol. The molecule has 5 nitrogen and oxygen atoms in total. The summed E-state index contributed by atoms with van der Waals surface area (Å²) >= 11 is 0. The van der Waals surface area contributed by atoms with Gasteiger partial charge in [-0.05, 0) is 54.8 Å². The Hall–Kier alpha value is -2.05. The number of benzene rings is 2. The molecule has 24 heavy (non-hydrogen) atoms. The largest absolute Gasteiger partial charge is 0.508 e. The van der Waals surface area contributed by atoms with E-state index in [2.05, 4.69) is 6.92 Å². The Morgan fingerprint density at radius 2 is 1.67 bits per heavy atom. The van der Waals surface area contributed by atoms with Crippen molar-refractivity contribution >= 4 is 10.1 Å². The zero-order valence-corrected chi connectivity index (χ0v) is 14.4. The van der Waals surface area contributed by atoms with Gasteiger partial charge in [-0.3, -0.25) is 4.55 Å². The highest BCUT2D eigenvalue weighted by Gasteiger charge is 2.13. The van der Waals surface area contributed by atoms with Crippen molar-refractivity contribution in [3.05, 3.63) is 48.0 Å². The number of hydrogen-bond acceptors (Lipinski definition) is 4. The fourth-order valence-electron chi connectivity index (χ4n) is 2.39. The summed E-state index contributed by atoms with van der Waals surface area (Å²) in [4.78, 5) is -0.177. The molecule has 0 amide bonds. The molecule has 0 saturated carbocycles. The van der Waals surface area contributed by atoms with Crippen molar-refractivity contribution in [1.82, 2.24) is 0 Å². The maximum Gasteiger partial charge on any atom is 0.294 e. The maximum absolute atomic E-state index is 11.5. The standard InChI is InChI=1S/C18H22O5S/c1-2-3-4-5-6-14-11-17(13-18(12-14)24(20,21)22)23-16-9-7-15(19)8-10-16/h7-13,19H,2-6H2,1H3,(H,20,21,22). The van der Waals surface area contributed by atoms with E-state index in [9.17, 15) is 18.1 Å². The summed E-state index contributed by atoms with van der Waals surface area (Å²) in [6.45, 7) is 2.13. The summed E-state index contributed by atoms with van der Waals surface area (Å²) in [5, 5.41) is 9.29. The van der Waals surface area contributed by atoms with Crippen LogP contribution in [0.25, 0.3) is 0 Å². The van der Waals surface area contributed by atoms with Gasteiger partial charge in [0.1, 0.15) is 17.2 Å². The fraction of sp³-hybridized carbons (Fsp3) is 0.333. The Balaban J connectivity index is 2.23. The Morgan fingerprint density at radius 3 is 2.29 bits per heavy atom. The van der Waals surface area contributed by atoms with Gasteiger partial charge in [0.05, 0.1) is 4.90 Å². The van der Waals surface area contributed by atoms with Crippen molar-refractivity contribution in [2.45, 2.75) is 43.9 Å². The maximum atomic E-state index is 11.5. The van der Waals surface area contributed by atoms with Gasteiger partial charge in [-0.25, -0.2) is 0 Å². The van der Waals surface area contributed by atoms with Crippen molar-refractivity contribution < 1.29 is 22.8 Å². The van der Waals surface area contributed by atoms with E-state index >= 15 is 0 Å². The van der Waals surface area contributed by atoms with E-state index in [1.54, 1.807) is 18.2 Å². The van der Waals surface area contributed by atoms with Crippen LogP contribution in [0.4, 0.5) is 0 Å². The zero-order valence-electron chi connectivity index (χ0n) is 13.6. The minimum absolute atomic E-state index is 0.116. The Morgan fingerprint density at radius 1 is 0.958 bits per heavy atom. The topological polar surface area (TPSA) is 83.8 Å². The fourth-order valence-corrected chi connectivity index (χ4v) is 2.95. The first kappa shape index (κ1) is 18.3. The molecule has 2 aromatic carbocycles. The van der Waals surface area contributed by atoms with Gasteiger partial charge in [0.15, 0.2) is 0 Å². The van der Waals surface area contributed by atoms with Crippen LogP contribution in [0.5, 0.6) is 17.2 Å². The summed E-state index contributed by atoms with van der Waals surface area (Å²) in [6, 6.07) is 10.7. The third-order valence-corrected chi connectivity index (χ3v) is 4.46. The normalized spacial score (nSPS) is 11.4. The van der Waals surface area contributed by atoms with Crippen LogP contribution in [-0.4, -0.2) is 18.1 Å². The Labute approximate surface area is 142 Å². The molecule has 2 N–H and O–H groups in total. The number of unbranched alkanes of at least 4 members (excludes halogenated alkanes) is 3. The second-order valence-electron chi connectivity index (χ2n) is 5.69. The van der Waals surface area contributed by atoms with E-state index in [1.807, 2.05) is 0 Å². The predicted molar refractivity (Wildman–Crippen MR) is 92.3 cm³/mol. The molecule has 0 heterocycles. The Kier molecular flexibility index (Phi) is 6.23. The highest BCUT2D eigenvalue weighted by Crippen LogP contribution is 2.28. The molecule has 6 heteroatoms. The van der Waals surface area contributed by atoms with Gasteiger partial charge in [-0.1, -0.05) is 26.2 Å². The summed E-state index contributed by atoms with van der Waals surface area (Å²) in [5.74, 6) is 0.921. The van der Waals surface area contributed by atoms with E-state index in [0.717, 1.165) is 37.7 Å². The van der Waals surface area contributed by atoms with Gasteiger partial charge in [-0.15, -0.1) is 0 Å². The van der Waals surface area contributed by atoms with E-state index in [0.29, 0.717) is 11.5 Å². The number of phenolic OH excluding ortho intramolecular Hbond substituents is 1. The van der Waals surface area contributed by atoms with Gasteiger partial charge < -0.3 is 9.84 Å². The molecule has 0 aliphatic carbocycles. The van der Waals surface area contributed by atoms with Crippen LogP contribution in [0.1, 0.15) is 38.2 Å². The molecular formula is C18H22O5S. The smallest absolute Gasteiger partial charge is 0.294 e. The average Bonchev–Trinajstić information content (AvgIpc) is 2.53. The van der Waals surface area contributed by atoms with Crippen LogP contribution in [-0.2, 0) is 16.5 Å². The van der Waals surface area contributed by atoms with Gasteiger partial charge in [-0.2, -0.15) is 8.42 Å². The lowest BCUT2D eigenvalue weighted by Crippen LogP contribution is -2.00. The molecule has 0 aliphatic heterocycles. The molecule has 0 fully saturated rings. The van der Waals surface area contributed by atoms with E-state index in [-0.39, 0.29) is 10.6 Å². The molecule has 130 valence electrons. The molecule has 2 aromatic rings. The van der Waals surface area contributed by atoms with Crippen LogP contribution in [0.3, 0.4) is 0 Å². The molecular weight excluding hydrogens is 328 g/mol. The molecule has 2 rings (SSSR count). The number of hydrogen-bond donors (Lipinski definition) is 2. The quantitative estimate of drug-likeness (QED) is 0.539. The summed E-state index contributed by atoms with van der Waals surface area (Å²) < 4.78 is 37.9. The second kappa shape index (κ2) is 8.17. The number of ether oxygens (including phenoxy) is 1. The molecule has 0 atom stereocenters. The van der Waals surface area contributed by atoms with Crippen LogP contribution < -0.4 is 4.74 Å².